The molecule has 0 radical (unpaired) electrons. The molecule has 1 atom stereocenters. The van der Waals surface area contributed by atoms with E-state index in [4.69, 9.17) is 0 Å². The summed E-state index contributed by atoms with van der Waals surface area (Å²) in [5.41, 5.74) is 0.260. The number of nitrogens with one attached hydrogen (secondary N) is 2. The third kappa shape index (κ3) is 4.64. The Kier molecular flexibility index (Phi) is 7.13. The number of thiophene rings is 1. The van der Waals surface area contributed by atoms with E-state index in [1.165, 1.54) is 37.0 Å². The largest absolute Gasteiger partial charge is 0.355 e. The fourth-order valence-electron chi connectivity index (χ4n) is 4.32. The lowest BCUT2D eigenvalue weighted by atomic mass is 9.73. The maximum Gasteiger partial charge on any atom is 0.191 e. The zero-order valence-corrected chi connectivity index (χ0v) is 19.0. The molecule has 27 heavy (non-hydrogen) atoms. The first-order chi connectivity index (χ1) is 12.8. The van der Waals surface area contributed by atoms with Gasteiger partial charge in [0, 0.05) is 36.3 Å². The minimum atomic E-state index is 0. The second-order valence-electron chi connectivity index (χ2n) is 7.48. The summed E-state index contributed by atoms with van der Waals surface area (Å²) in [5.74, 6) is 1.99. The molecule has 1 unspecified atom stereocenters. The van der Waals surface area contributed by atoms with Gasteiger partial charge in [0.25, 0.3) is 0 Å². The normalized spacial score (nSPS) is 21.8. The Bertz CT molecular complexity index is 735. The highest BCUT2D eigenvalue weighted by atomic mass is 127. The van der Waals surface area contributed by atoms with Crippen LogP contribution < -0.4 is 10.6 Å². The summed E-state index contributed by atoms with van der Waals surface area (Å²) >= 11 is 1.90. The SMILES string of the molecule is CN=C(NCC1(c2cccs2)CCCCC1)NC1CCc2ncnn2C1.I. The molecule has 3 heterocycles. The van der Waals surface area contributed by atoms with E-state index < -0.39 is 0 Å². The van der Waals surface area contributed by atoms with Gasteiger partial charge in [-0.05, 0) is 30.7 Å². The van der Waals surface area contributed by atoms with Crippen LogP contribution in [0.1, 0.15) is 49.2 Å². The van der Waals surface area contributed by atoms with E-state index in [2.05, 4.69) is 43.2 Å². The third-order valence-corrected chi connectivity index (χ3v) is 6.93. The fraction of sp³-hybridized carbons (Fsp3) is 0.632. The van der Waals surface area contributed by atoms with Gasteiger partial charge >= 0.3 is 0 Å². The van der Waals surface area contributed by atoms with Crippen molar-refractivity contribution in [3.63, 3.8) is 0 Å². The number of hydrogen-bond donors (Lipinski definition) is 2. The van der Waals surface area contributed by atoms with Crippen molar-refractivity contribution in [1.82, 2.24) is 25.4 Å². The maximum atomic E-state index is 4.48. The zero-order valence-electron chi connectivity index (χ0n) is 15.9. The van der Waals surface area contributed by atoms with Crippen molar-refractivity contribution in [3.05, 3.63) is 34.5 Å². The number of guanidine groups is 1. The van der Waals surface area contributed by atoms with Crippen LogP contribution in [-0.2, 0) is 18.4 Å². The van der Waals surface area contributed by atoms with E-state index in [0.29, 0.717) is 6.04 Å². The predicted molar refractivity (Wildman–Crippen MR) is 121 cm³/mol. The van der Waals surface area contributed by atoms with Crippen LogP contribution in [0.2, 0.25) is 0 Å². The molecule has 1 aliphatic heterocycles. The number of aromatic nitrogens is 3. The van der Waals surface area contributed by atoms with Gasteiger partial charge in [-0.25, -0.2) is 9.67 Å². The van der Waals surface area contributed by atoms with E-state index in [-0.39, 0.29) is 29.4 Å². The number of rotatable bonds is 4. The highest BCUT2D eigenvalue weighted by Crippen LogP contribution is 2.41. The van der Waals surface area contributed by atoms with E-state index >= 15 is 0 Å². The van der Waals surface area contributed by atoms with E-state index in [1.807, 2.05) is 23.1 Å². The Hall–Kier alpha value is -1.16. The molecular weight excluding hydrogens is 471 g/mol. The smallest absolute Gasteiger partial charge is 0.191 e. The quantitative estimate of drug-likeness (QED) is 0.384. The topological polar surface area (TPSA) is 67.1 Å². The second-order valence-corrected chi connectivity index (χ2v) is 8.43. The summed E-state index contributed by atoms with van der Waals surface area (Å²) in [6.07, 6.45) is 10.2. The summed E-state index contributed by atoms with van der Waals surface area (Å²) < 4.78 is 2.00. The van der Waals surface area contributed by atoms with E-state index in [9.17, 15) is 0 Å². The molecule has 0 spiro atoms. The molecule has 2 aromatic rings. The molecule has 0 aromatic carbocycles. The number of aliphatic imine (C=N–C) groups is 1. The second kappa shape index (κ2) is 9.36. The summed E-state index contributed by atoms with van der Waals surface area (Å²) in [5, 5.41) is 13.7. The Morgan fingerprint density at radius 3 is 2.96 bits per heavy atom. The maximum absolute atomic E-state index is 4.48. The van der Waals surface area contributed by atoms with Crippen LogP contribution in [0, 0.1) is 0 Å². The number of aryl methyl sites for hydroxylation is 1. The number of halogens is 1. The van der Waals surface area contributed by atoms with Gasteiger partial charge in [0.1, 0.15) is 12.2 Å². The standard InChI is InChI=1S/C19H28N6S.HI/c1-20-18(24-15-7-8-17-22-14-23-25(17)12-15)21-13-19(9-3-2-4-10-19)16-6-5-11-26-16;/h5-6,11,14-15H,2-4,7-10,12-13H2,1H3,(H2,20,21,24);1H. The average molecular weight is 500 g/mol. The molecule has 0 amide bonds. The van der Waals surface area contributed by atoms with Crippen molar-refractivity contribution < 1.29 is 0 Å². The molecule has 0 bridgehead atoms. The number of fused-ring (bicyclic) bond motifs is 1. The Morgan fingerprint density at radius 1 is 1.37 bits per heavy atom. The fourth-order valence-corrected chi connectivity index (χ4v) is 5.30. The van der Waals surface area contributed by atoms with Gasteiger partial charge in [0.15, 0.2) is 5.96 Å². The monoisotopic (exact) mass is 500 g/mol. The van der Waals surface area contributed by atoms with Crippen molar-refractivity contribution in [3.8, 4) is 0 Å². The molecule has 148 valence electrons. The lowest BCUT2D eigenvalue weighted by Gasteiger charge is -2.37. The molecule has 2 aromatic heterocycles. The molecule has 8 heteroatoms. The molecule has 6 nitrogen and oxygen atoms in total. The van der Waals surface area contributed by atoms with Crippen LogP contribution in [0.4, 0.5) is 0 Å². The average Bonchev–Trinajstić information content (AvgIpc) is 3.37. The van der Waals surface area contributed by atoms with Gasteiger partial charge in [-0.1, -0.05) is 25.3 Å². The first-order valence-corrected chi connectivity index (χ1v) is 10.5. The van der Waals surface area contributed by atoms with Crippen LogP contribution in [-0.4, -0.2) is 40.4 Å². The van der Waals surface area contributed by atoms with Crippen molar-refractivity contribution in [2.75, 3.05) is 13.6 Å². The Morgan fingerprint density at radius 2 is 2.22 bits per heavy atom. The lowest BCUT2D eigenvalue weighted by molar-refractivity contribution is 0.295. The van der Waals surface area contributed by atoms with Crippen LogP contribution in [0.15, 0.2) is 28.8 Å². The van der Waals surface area contributed by atoms with Crippen LogP contribution >= 0.6 is 35.3 Å². The molecule has 2 N–H and O–H groups in total. The van der Waals surface area contributed by atoms with Gasteiger partial charge < -0.3 is 10.6 Å². The predicted octanol–water partition coefficient (Wildman–Crippen LogP) is 3.34. The molecule has 2 aliphatic rings. The third-order valence-electron chi connectivity index (χ3n) is 5.82. The van der Waals surface area contributed by atoms with Crippen molar-refractivity contribution >= 4 is 41.3 Å². The van der Waals surface area contributed by atoms with Crippen LogP contribution in [0.5, 0.6) is 0 Å². The van der Waals surface area contributed by atoms with Crippen molar-refractivity contribution in [1.29, 1.82) is 0 Å². The molecule has 0 saturated heterocycles. The Balaban J connectivity index is 0.00000210. The highest BCUT2D eigenvalue weighted by molar-refractivity contribution is 14.0. The van der Waals surface area contributed by atoms with E-state index in [1.54, 1.807) is 6.33 Å². The number of hydrogen-bond acceptors (Lipinski definition) is 4. The first kappa shape index (κ1) is 20.6. The van der Waals surface area contributed by atoms with Gasteiger partial charge in [0.2, 0.25) is 0 Å². The molecule has 1 saturated carbocycles. The van der Waals surface area contributed by atoms with E-state index in [0.717, 1.165) is 37.7 Å². The first-order valence-electron chi connectivity index (χ1n) is 9.67. The van der Waals surface area contributed by atoms with Gasteiger partial charge in [0.05, 0.1) is 6.54 Å². The summed E-state index contributed by atoms with van der Waals surface area (Å²) in [7, 11) is 1.86. The Labute approximate surface area is 182 Å². The molecule has 4 rings (SSSR count). The van der Waals surface area contributed by atoms with Crippen molar-refractivity contribution in [2.45, 2.75) is 62.9 Å². The summed E-state index contributed by atoms with van der Waals surface area (Å²) in [6, 6.07) is 4.84. The van der Waals surface area contributed by atoms with Gasteiger partial charge in [-0.2, -0.15) is 5.10 Å². The van der Waals surface area contributed by atoms with Crippen LogP contribution in [0.3, 0.4) is 0 Å². The van der Waals surface area contributed by atoms with Crippen LogP contribution in [0.25, 0.3) is 0 Å². The summed E-state index contributed by atoms with van der Waals surface area (Å²) in [4.78, 5) is 10.3. The number of nitrogens with zero attached hydrogens (tertiary/aromatic N) is 4. The highest BCUT2D eigenvalue weighted by Gasteiger charge is 2.35. The minimum Gasteiger partial charge on any atom is -0.355 e. The summed E-state index contributed by atoms with van der Waals surface area (Å²) in [6.45, 7) is 1.81. The molecular formula is C19H29IN6S. The lowest BCUT2D eigenvalue weighted by Crippen LogP contribution is -2.50. The van der Waals surface area contributed by atoms with Gasteiger partial charge in [-0.15, -0.1) is 35.3 Å². The molecule has 1 aliphatic carbocycles. The van der Waals surface area contributed by atoms with Gasteiger partial charge in [-0.3, -0.25) is 4.99 Å². The molecule has 1 fully saturated rings. The zero-order chi connectivity index (χ0) is 17.8. The minimum absolute atomic E-state index is 0. The van der Waals surface area contributed by atoms with Crippen molar-refractivity contribution in [2.24, 2.45) is 4.99 Å².